The molecule has 2 N–H and O–H groups in total. The molecule has 0 amide bonds. The molecule has 9 heteroatoms. The van der Waals surface area contributed by atoms with Crippen LogP contribution in [0.4, 0.5) is 10.2 Å². The standard InChI is InChI=1S/C24H26FN5O3/c1-29-6-5-15(8-23(29)32)14-3-4-17(21(31)7-14)18-10-27-22(11-26-18)30(2)20-9-16-12-33-13-19(28-16)24(20)25/h3-8,10-11,16,19-20,24,28,31H,9,12-13H2,1-2H3/t16-,19?,20+,24-/m1/s1. The van der Waals surface area contributed by atoms with E-state index in [2.05, 4.69) is 15.3 Å². The number of alkyl halides is 1. The lowest BCUT2D eigenvalue weighted by molar-refractivity contribution is -0.0175. The number of hydrogen-bond donors (Lipinski definition) is 2. The van der Waals surface area contributed by atoms with Crippen molar-refractivity contribution in [3.05, 3.63) is 59.3 Å². The van der Waals surface area contributed by atoms with Crippen LogP contribution in [0.15, 0.2) is 53.7 Å². The molecular formula is C24H26FN5O3. The molecular weight excluding hydrogens is 425 g/mol. The highest BCUT2D eigenvalue weighted by Gasteiger charge is 2.42. The Bertz CT molecular complexity index is 1220. The highest BCUT2D eigenvalue weighted by molar-refractivity contribution is 5.74. The Labute approximate surface area is 190 Å². The topological polar surface area (TPSA) is 92.5 Å². The maximum absolute atomic E-state index is 15.0. The number of benzene rings is 1. The molecule has 33 heavy (non-hydrogen) atoms. The van der Waals surface area contributed by atoms with Gasteiger partial charge < -0.3 is 24.6 Å². The Balaban J connectivity index is 1.36. The summed E-state index contributed by atoms with van der Waals surface area (Å²) in [6.07, 6.45) is 4.43. The lowest BCUT2D eigenvalue weighted by Gasteiger charge is -2.45. The quantitative estimate of drug-likeness (QED) is 0.628. The van der Waals surface area contributed by atoms with E-state index in [9.17, 15) is 14.3 Å². The van der Waals surface area contributed by atoms with Gasteiger partial charge >= 0.3 is 0 Å². The number of morpholine rings is 1. The van der Waals surface area contributed by atoms with Gasteiger partial charge in [0.1, 0.15) is 17.7 Å². The van der Waals surface area contributed by atoms with E-state index in [4.69, 9.17) is 4.74 Å². The van der Waals surface area contributed by atoms with Crippen molar-refractivity contribution >= 4 is 5.82 Å². The molecule has 2 aliphatic rings. The van der Waals surface area contributed by atoms with Crippen molar-refractivity contribution in [2.45, 2.75) is 30.7 Å². The average molecular weight is 452 g/mol. The fourth-order valence-electron chi connectivity index (χ4n) is 4.59. The van der Waals surface area contributed by atoms with Gasteiger partial charge in [0.15, 0.2) is 0 Å². The second-order valence-corrected chi connectivity index (χ2v) is 8.72. The van der Waals surface area contributed by atoms with E-state index >= 15 is 0 Å². The highest BCUT2D eigenvalue weighted by Crippen LogP contribution is 2.33. The number of ether oxygens (including phenoxy) is 1. The van der Waals surface area contributed by atoms with Crippen LogP contribution in [0.2, 0.25) is 0 Å². The van der Waals surface area contributed by atoms with Crippen LogP contribution in [0.3, 0.4) is 0 Å². The fourth-order valence-corrected chi connectivity index (χ4v) is 4.59. The number of anilines is 1. The summed E-state index contributed by atoms with van der Waals surface area (Å²) < 4.78 is 22.0. The number of hydrogen-bond acceptors (Lipinski definition) is 7. The lowest BCUT2D eigenvalue weighted by atomic mass is 9.90. The van der Waals surface area contributed by atoms with Gasteiger partial charge in [0.25, 0.3) is 5.56 Å². The van der Waals surface area contributed by atoms with Crippen molar-refractivity contribution in [2.24, 2.45) is 7.05 Å². The van der Waals surface area contributed by atoms with Crippen molar-refractivity contribution in [3.63, 3.8) is 0 Å². The van der Waals surface area contributed by atoms with Crippen molar-refractivity contribution < 1.29 is 14.2 Å². The van der Waals surface area contributed by atoms with E-state index in [0.29, 0.717) is 36.7 Å². The molecule has 2 fully saturated rings. The first-order valence-corrected chi connectivity index (χ1v) is 10.9. The van der Waals surface area contributed by atoms with E-state index in [1.807, 2.05) is 24.1 Å². The third-order valence-corrected chi connectivity index (χ3v) is 6.55. The molecule has 0 aliphatic carbocycles. The van der Waals surface area contributed by atoms with Crippen LogP contribution in [0.5, 0.6) is 5.75 Å². The van der Waals surface area contributed by atoms with E-state index in [-0.39, 0.29) is 29.4 Å². The second kappa shape index (κ2) is 8.57. The van der Waals surface area contributed by atoms with Gasteiger partial charge in [-0.05, 0) is 35.7 Å². The summed E-state index contributed by atoms with van der Waals surface area (Å²) in [6.45, 7) is 0.963. The molecule has 0 radical (unpaired) electrons. The van der Waals surface area contributed by atoms with Crippen molar-refractivity contribution in [1.29, 1.82) is 0 Å². The zero-order chi connectivity index (χ0) is 23.1. The molecule has 0 saturated carbocycles. The molecule has 1 aromatic carbocycles. The number of piperidine rings is 1. The molecule has 172 valence electrons. The number of rotatable bonds is 4. The number of aromatic hydroxyl groups is 1. The Hall–Kier alpha value is -3.30. The first-order chi connectivity index (χ1) is 15.9. The Morgan fingerprint density at radius 2 is 2.00 bits per heavy atom. The number of nitrogens with one attached hydrogen (secondary N) is 1. The van der Waals surface area contributed by atoms with Crippen molar-refractivity contribution in [3.8, 4) is 28.1 Å². The molecule has 2 aromatic heterocycles. The van der Waals surface area contributed by atoms with E-state index in [1.54, 1.807) is 37.8 Å². The molecule has 2 aliphatic heterocycles. The van der Waals surface area contributed by atoms with Crippen LogP contribution >= 0.6 is 0 Å². The summed E-state index contributed by atoms with van der Waals surface area (Å²) in [6, 6.07) is 8.05. The number of phenols is 1. The van der Waals surface area contributed by atoms with Gasteiger partial charge in [0, 0.05) is 38.0 Å². The normalized spacial score (nSPS) is 24.5. The predicted molar refractivity (Wildman–Crippen MR) is 123 cm³/mol. The predicted octanol–water partition coefficient (Wildman–Crippen LogP) is 2.12. The van der Waals surface area contributed by atoms with Crippen LogP contribution in [0, 0.1) is 0 Å². The van der Waals surface area contributed by atoms with E-state index in [1.165, 1.54) is 10.6 Å². The number of fused-ring (bicyclic) bond motifs is 2. The summed E-state index contributed by atoms with van der Waals surface area (Å²) in [4.78, 5) is 22.7. The van der Waals surface area contributed by atoms with Crippen LogP contribution in [-0.2, 0) is 11.8 Å². The molecule has 2 bridgehead atoms. The minimum Gasteiger partial charge on any atom is -0.507 e. The number of phenolic OH excluding ortho intramolecular Hbond substituents is 1. The number of halogens is 1. The SMILES string of the molecule is CN(c1cnc(-c2ccc(-c3ccn(C)c(=O)c3)cc2O)cn1)[C@H]1C[C@@H]2COCC(N2)[C@H]1F. The summed E-state index contributed by atoms with van der Waals surface area (Å²) in [5.41, 5.74) is 2.37. The third-order valence-electron chi connectivity index (χ3n) is 6.55. The molecule has 1 unspecified atom stereocenters. The number of pyridine rings is 1. The van der Waals surface area contributed by atoms with Crippen molar-refractivity contribution in [1.82, 2.24) is 19.9 Å². The molecule has 0 spiro atoms. The monoisotopic (exact) mass is 451 g/mol. The Kier molecular flexibility index (Phi) is 5.59. The van der Waals surface area contributed by atoms with Crippen LogP contribution in [0.25, 0.3) is 22.4 Å². The maximum atomic E-state index is 15.0. The first-order valence-electron chi connectivity index (χ1n) is 10.9. The van der Waals surface area contributed by atoms with Gasteiger partial charge in [-0.2, -0.15) is 0 Å². The molecule has 8 nitrogen and oxygen atoms in total. The zero-order valence-corrected chi connectivity index (χ0v) is 18.5. The van der Waals surface area contributed by atoms with E-state index < -0.39 is 6.17 Å². The van der Waals surface area contributed by atoms with Gasteiger partial charge in [0.2, 0.25) is 0 Å². The largest absolute Gasteiger partial charge is 0.507 e. The average Bonchev–Trinajstić information content (AvgIpc) is 2.83. The number of aromatic nitrogens is 3. The van der Waals surface area contributed by atoms with Crippen molar-refractivity contribution in [2.75, 3.05) is 25.2 Å². The summed E-state index contributed by atoms with van der Waals surface area (Å²) in [5, 5.41) is 13.9. The Morgan fingerprint density at radius 3 is 2.73 bits per heavy atom. The van der Waals surface area contributed by atoms with Crippen LogP contribution in [0.1, 0.15) is 6.42 Å². The smallest absolute Gasteiger partial charge is 0.250 e. The molecule has 3 aromatic rings. The number of nitrogens with zero attached hydrogens (tertiary/aromatic N) is 4. The first kappa shape index (κ1) is 21.5. The lowest BCUT2D eigenvalue weighted by Crippen LogP contribution is -2.65. The number of aryl methyl sites for hydroxylation is 1. The van der Waals surface area contributed by atoms with Gasteiger partial charge in [-0.25, -0.2) is 9.37 Å². The third kappa shape index (κ3) is 4.09. The molecule has 4 atom stereocenters. The zero-order valence-electron chi connectivity index (χ0n) is 18.5. The summed E-state index contributed by atoms with van der Waals surface area (Å²) in [7, 11) is 3.52. The highest BCUT2D eigenvalue weighted by atomic mass is 19.1. The van der Waals surface area contributed by atoms with Gasteiger partial charge in [-0.1, -0.05) is 6.07 Å². The minimum absolute atomic E-state index is 0.0404. The molecule has 4 heterocycles. The second-order valence-electron chi connectivity index (χ2n) is 8.72. The summed E-state index contributed by atoms with van der Waals surface area (Å²) >= 11 is 0. The van der Waals surface area contributed by atoms with Crippen LogP contribution in [-0.4, -0.2) is 64.2 Å². The van der Waals surface area contributed by atoms with Gasteiger partial charge in [-0.3, -0.25) is 9.78 Å². The van der Waals surface area contributed by atoms with Gasteiger partial charge in [0.05, 0.1) is 43.4 Å². The summed E-state index contributed by atoms with van der Waals surface area (Å²) in [5.74, 6) is 0.613. The molecule has 5 rings (SSSR count). The fraction of sp³-hybridized carbons (Fsp3) is 0.375. The van der Waals surface area contributed by atoms with E-state index in [0.717, 1.165) is 11.1 Å². The van der Waals surface area contributed by atoms with Crippen LogP contribution < -0.4 is 15.8 Å². The Morgan fingerprint density at radius 1 is 1.18 bits per heavy atom. The molecule has 2 saturated heterocycles. The van der Waals surface area contributed by atoms with Gasteiger partial charge in [-0.15, -0.1) is 0 Å². The maximum Gasteiger partial charge on any atom is 0.250 e. The minimum atomic E-state index is -1.07.